The number of nitrogens with zero attached hydrogens (tertiary/aromatic N) is 1. The van der Waals surface area contributed by atoms with Crippen LogP contribution in [0.15, 0.2) is 29.2 Å². The fourth-order valence-corrected chi connectivity index (χ4v) is 3.70. The average Bonchev–Trinajstić information content (AvgIpc) is 2.98. The van der Waals surface area contributed by atoms with Crippen molar-refractivity contribution in [3.63, 3.8) is 0 Å². The quantitative estimate of drug-likeness (QED) is 0.857. The summed E-state index contributed by atoms with van der Waals surface area (Å²) in [5.41, 5.74) is 0.976. The highest BCUT2D eigenvalue weighted by molar-refractivity contribution is 7.89. The molecule has 20 heavy (non-hydrogen) atoms. The number of rotatable bonds is 6. The second-order valence-corrected chi connectivity index (χ2v) is 6.96. The number of nitrogens with one attached hydrogen (secondary N) is 1. The zero-order valence-corrected chi connectivity index (χ0v) is 12.8. The summed E-state index contributed by atoms with van der Waals surface area (Å²) >= 11 is 0. The number of likely N-dealkylation sites (N-methyl/N-ethyl adjacent to an activating group) is 1. The fraction of sp³-hybridized carbons (Fsp3) is 0.571. The van der Waals surface area contributed by atoms with Crippen molar-refractivity contribution in [3.8, 4) is 0 Å². The van der Waals surface area contributed by atoms with Gasteiger partial charge in [0.05, 0.1) is 17.5 Å². The van der Waals surface area contributed by atoms with E-state index in [1.807, 2.05) is 13.0 Å². The van der Waals surface area contributed by atoms with Gasteiger partial charge in [0.2, 0.25) is 10.0 Å². The van der Waals surface area contributed by atoms with Gasteiger partial charge in [0.1, 0.15) is 0 Å². The summed E-state index contributed by atoms with van der Waals surface area (Å²) in [5.74, 6) is 0. The third kappa shape index (κ3) is 3.38. The molecule has 1 saturated heterocycles. The highest BCUT2D eigenvalue weighted by Gasteiger charge is 2.30. The standard InChI is InChI=1S/C14H22N2O3S/c1-3-15-10-12-5-4-6-14(9-12)20(17,18)16(2)13-7-8-19-11-13/h4-6,9,13,15H,3,7-8,10-11H2,1-2H3. The van der Waals surface area contributed by atoms with Crippen LogP contribution in [0.25, 0.3) is 0 Å². The first-order valence-electron chi connectivity index (χ1n) is 6.91. The second kappa shape index (κ2) is 6.67. The molecule has 2 rings (SSSR count). The largest absolute Gasteiger partial charge is 0.380 e. The molecule has 0 aromatic heterocycles. The van der Waals surface area contributed by atoms with Gasteiger partial charge in [0, 0.05) is 20.2 Å². The van der Waals surface area contributed by atoms with Gasteiger partial charge in [-0.25, -0.2) is 8.42 Å². The van der Waals surface area contributed by atoms with Crippen LogP contribution in [0.3, 0.4) is 0 Å². The van der Waals surface area contributed by atoms with Gasteiger partial charge < -0.3 is 10.1 Å². The van der Waals surface area contributed by atoms with Gasteiger partial charge in [0.25, 0.3) is 0 Å². The minimum Gasteiger partial charge on any atom is -0.380 e. The average molecular weight is 298 g/mol. The van der Waals surface area contributed by atoms with E-state index in [2.05, 4.69) is 5.32 Å². The minimum absolute atomic E-state index is 0.0579. The van der Waals surface area contributed by atoms with Gasteiger partial charge in [-0.2, -0.15) is 4.31 Å². The summed E-state index contributed by atoms with van der Waals surface area (Å²) < 4.78 is 31.9. The Labute approximate surface area is 121 Å². The molecule has 0 spiro atoms. The van der Waals surface area contributed by atoms with E-state index in [0.717, 1.165) is 18.5 Å². The molecule has 0 amide bonds. The fourth-order valence-electron chi connectivity index (χ4n) is 2.26. The summed E-state index contributed by atoms with van der Waals surface area (Å²) in [4.78, 5) is 0.349. The van der Waals surface area contributed by atoms with E-state index in [-0.39, 0.29) is 6.04 Å². The molecular weight excluding hydrogens is 276 g/mol. The van der Waals surface area contributed by atoms with Crippen LogP contribution >= 0.6 is 0 Å². The topological polar surface area (TPSA) is 58.6 Å². The van der Waals surface area contributed by atoms with Crippen molar-refractivity contribution in [1.82, 2.24) is 9.62 Å². The number of hydrogen-bond donors (Lipinski definition) is 1. The third-order valence-corrected chi connectivity index (χ3v) is 5.48. The predicted molar refractivity (Wildman–Crippen MR) is 78.0 cm³/mol. The SMILES string of the molecule is CCNCc1cccc(S(=O)(=O)N(C)C2CCOC2)c1. The van der Waals surface area contributed by atoms with E-state index in [1.54, 1.807) is 25.2 Å². The van der Waals surface area contributed by atoms with Crippen LogP contribution in [-0.4, -0.2) is 45.6 Å². The molecule has 1 aromatic carbocycles. The van der Waals surface area contributed by atoms with Crippen LogP contribution in [-0.2, 0) is 21.3 Å². The second-order valence-electron chi connectivity index (χ2n) is 4.97. The monoisotopic (exact) mass is 298 g/mol. The van der Waals surface area contributed by atoms with E-state index >= 15 is 0 Å². The van der Waals surface area contributed by atoms with E-state index < -0.39 is 10.0 Å². The number of hydrogen-bond acceptors (Lipinski definition) is 4. The predicted octanol–water partition coefficient (Wildman–Crippen LogP) is 1.21. The zero-order chi connectivity index (χ0) is 14.6. The molecule has 1 heterocycles. The van der Waals surface area contributed by atoms with E-state index in [4.69, 9.17) is 4.74 Å². The molecule has 0 aliphatic carbocycles. The Balaban J connectivity index is 2.19. The molecule has 1 atom stereocenters. The minimum atomic E-state index is -3.44. The van der Waals surface area contributed by atoms with Crippen molar-refractivity contribution in [2.45, 2.75) is 30.8 Å². The Morgan fingerprint density at radius 2 is 2.25 bits per heavy atom. The summed E-state index contributed by atoms with van der Waals surface area (Å²) in [6.45, 7) is 4.67. The Hall–Kier alpha value is -0.950. The van der Waals surface area contributed by atoms with Crippen molar-refractivity contribution in [3.05, 3.63) is 29.8 Å². The lowest BCUT2D eigenvalue weighted by Crippen LogP contribution is -2.37. The van der Waals surface area contributed by atoms with E-state index in [0.29, 0.717) is 24.7 Å². The van der Waals surface area contributed by atoms with Crippen molar-refractivity contribution in [2.75, 3.05) is 26.8 Å². The third-order valence-electron chi connectivity index (χ3n) is 3.57. The highest BCUT2D eigenvalue weighted by atomic mass is 32.2. The molecule has 0 radical (unpaired) electrons. The van der Waals surface area contributed by atoms with Crippen LogP contribution in [0.1, 0.15) is 18.9 Å². The van der Waals surface area contributed by atoms with Crippen LogP contribution < -0.4 is 5.32 Å². The Bertz CT molecular complexity index is 539. The molecule has 1 unspecified atom stereocenters. The molecule has 0 bridgehead atoms. The normalized spacial score (nSPS) is 19.6. The molecule has 112 valence electrons. The summed E-state index contributed by atoms with van der Waals surface area (Å²) in [5, 5.41) is 3.20. The highest BCUT2D eigenvalue weighted by Crippen LogP contribution is 2.21. The Morgan fingerprint density at radius 1 is 1.45 bits per heavy atom. The first kappa shape index (κ1) is 15.4. The summed E-state index contributed by atoms with van der Waals surface area (Å²) in [6, 6.07) is 7.05. The first-order valence-corrected chi connectivity index (χ1v) is 8.35. The molecule has 1 fully saturated rings. The lowest BCUT2D eigenvalue weighted by Gasteiger charge is -2.22. The number of ether oxygens (including phenoxy) is 1. The van der Waals surface area contributed by atoms with Gasteiger partial charge in [0.15, 0.2) is 0 Å². The first-order chi connectivity index (χ1) is 9.55. The lowest BCUT2D eigenvalue weighted by molar-refractivity contribution is 0.181. The van der Waals surface area contributed by atoms with Crippen LogP contribution in [0.2, 0.25) is 0 Å². The van der Waals surface area contributed by atoms with Gasteiger partial charge in [-0.1, -0.05) is 19.1 Å². The molecule has 5 nitrogen and oxygen atoms in total. The molecule has 0 saturated carbocycles. The van der Waals surface area contributed by atoms with E-state index in [1.165, 1.54) is 4.31 Å². The van der Waals surface area contributed by atoms with Crippen molar-refractivity contribution >= 4 is 10.0 Å². The van der Waals surface area contributed by atoms with Crippen molar-refractivity contribution in [1.29, 1.82) is 0 Å². The van der Waals surface area contributed by atoms with Gasteiger partial charge in [-0.05, 0) is 30.7 Å². The maximum atomic E-state index is 12.6. The van der Waals surface area contributed by atoms with Gasteiger partial charge in [-0.3, -0.25) is 0 Å². The van der Waals surface area contributed by atoms with Crippen LogP contribution in [0.5, 0.6) is 0 Å². The Kier molecular flexibility index (Phi) is 5.15. The molecule has 1 aliphatic heterocycles. The van der Waals surface area contributed by atoms with Crippen LogP contribution in [0.4, 0.5) is 0 Å². The molecule has 1 aliphatic rings. The van der Waals surface area contributed by atoms with Gasteiger partial charge in [-0.15, -0.1) is 0 Å². The maximum Gasteiger partial charge on any atom is 0.243 e. The summed E-state index contributed by atoms with van der Waals surface area (Å²) in [6.07, 6.45) is 0.757. The Morgan fingerprint density at radius 3 is 2.90 bits per heavy atom. The molecule has 6 heteroatoms. The van der Waals surface area contributed by atoms with Crippen molar-refractivity contribution in [2.24, 2.45) is 0 Å². The maximum absolute atomic E-state index is 12.6. The number of benzene rings is 1. The zero-order valence-electron chi connectivity index (χ0n) is 12.0. The van der Waals surface area contributed by atoms with Crippen molar-refractivity contribution < 1.29 is 13.2 Å². The smallest absolute Gasteiger partial charge is 0.243 e. The lowest BCUT2D eigenvalue weighted by atomic mass is 10.2. The number of sulfonamides is 1. The molecular formula is C14H22N2O3S. The molecule has 1 aromatic rings. The van der Waals surface area contributed by atoms with Gasteiger partial charge >= 0.3 is 0 Å². The summed E-state index contributed by atoms with van der Waals surface area (Å²) in [7, 11) is -1.81. The van der Waals surface area contributed by atoms with Crippen LogP contribution in [0, 0.1) is 0 Å². The molecule has 1 N–H and O–H groups in total. The van der Waals surface area contributed by atoms with E-state index in [9.17, 15) is 8.42 Å².